The summed E-state index contributed by atoms with van der Waals surface area (Å²) in [5, 5.41) is 0.256. The Bertz CT molecular complexity index is 723. The SMILES string of the molecule is CCOC(=O)C1C(C)=NC(=O)N=C1SCC(=O)c1ccc(C)cc1. The van der Waals surface area contributed by atoms with Crippen LogP contribution in [0, 0.1) is 12.8 Å². The van der Waals surface area contributed by atoms with Crippen molar-refractivity contribution >= 4 is 40.3 Å². The molecule has 2 amide bonds. The fourth-order valence-corrected chi connectivity index (χ4v) is 3.17. The van der Waals surface area contributed by atoms with E-state index >= 15 is 0 Å². The van der Waals surface area contributed by atoms with Crippen molar-refractivity contribution in [3.63, 3.8) is 0 Å². The minimum Gasteiger partial charge on any atom is -0.465 e. The Hall–Kier alpha value is -2.28. The number of hydrogen-bond acceptors (Lipinski definition) is 5. The van der Waals surface area contributed by atoms with E-state index in [1.807, 2.05) is 19.1 Å². The minimum absolute atomic E-state index is 0.0817. The molecule has 1 aliphatic heterocycles. The second kappa shape index (κ2) is 8.01. The number of ether oxygens (including phenoxy) is 1. The molecule has 0 saturated heterocycles. The summed E-state index contributed by atoms with van der Waals surface area (Å²) in [6.07, 6.45) is 0. The number of aryl methyl sites for hydroxylation is 1. The van der Waals surface area contributed by atoms with Gasteiger partial charge in [-0.05, 0) is 20.8 Å². The maximum atomic E-state index is 12.3. The van der Waals surface area contributed by atoms with Crippen LogP contribution in [0.3, 0.4) is 0 Å². The third kappa shape index (κ3) is 4.38. The first kappa shape index (κ1) is 18.1. The first-order chi connectivity index (χ1) is 11.4. The second-order valence-corrected chi connectivity index (χ2v) is 6.24. The number of rotatable bonds is 5. The smallest absolute Gasteiger partial charge is 0.367 e. The van der Waals surface area contributed by atoms with E-state index < -0.39 is 17.9 Å². The zero-order chi connectivity index (χ0) is 17.7. The number of amides is 2. The number of thioether (sulfide) groups is 1. The monoisotopic (exact) mass is 346 g/mol. The summed E-state index contributed by atoms with van der Waals surface area (Å²) < 4.78 is 5.01. The van der Waals surface area contributed by atoms with Gasteiger partial charge in [0.2, 0.25) is 0 Å². The van der Waals surface area contributed by atoms with Gasteiger partial charge in [0.05, 0.1) is 17.4 Å². The molecule has 0 spiro atoms. The number of aliphatic imine (C=N–C) groups is 2. The molecule has 0 aromatic heterocycles. The molecule has 2 rings (SSSR count). The van der Waals surface area contributed by atoms with Crippen LogP contribution in [0.15, 0.2) is 34.3 Å². The van der Waals surface area contributed by atoms with Gasteiger partial charge in [0.25, 0.3) is 0 Å². The van der Waals surface area contributed by atoms with Crippen LogP contribution in [0.4, 0.5) is 4.79 Å². The molecule has 1 heterocycles. The molecule has 24 heavy (non-hydrogen) atoms. The van der Waals surface area contributed by atoms with E-state index in [1.165, 1.54) is 0 Å². The Labute approximate surface area is 144 Å². The van der Waals surface area contributed by atoms with Crippen LogP contribution < -0.4 is 0 Å². The predicted molar refractivity (Wildman–Crippen MR) is 94.0 cm³/mol. The molecule has 0 saturated carbocycles. The van der Waals surface area contributed by atoms with Crippen molar-refractivity contribution in [2.45, 2.75) is 20.8 Å². The molecule has 0 N–H and O–H groups in total. The van der Waals surface area contributed by atoms with Crippen molar-refractivity contribution < 1.29 is 19.1 Å². The lowest BCUT2D eigenvalue weighted by atomic mass is 10.1. The Morgan fingerprint density at radius 1 is 1.17 bits per heavy atom. The fraction of sp³-hybridized carbons (Fsp3) is 0.353. The first-order valence-corrected chi connectivity index (χ1v) is 8.48. The normalized spacial score (nSPS) is 17.1. The van der Waals surface area contributed by atoms with Gasteiger partial charge in [-0.3, -0.25) is 9.59 Å². The molecule has 126 valence electrons. The highest BCUT2D eigenvalue weighted by molar-refractivity contribution is 8.14. The lowest BCUT2D eigenvalue weighted by molar-refractivity contribution is -0.143. The molecular formula is C17H18N2O4S. The van der Waals surface area contributed by atoms with Gasteiger partial charge in [0.1, 0.15) is 5.92 Å². The van der Waals surface area contributed by atoms with Crippen LogP contribution >= 0.6 is 11.8 Å². The molecular weight excluding hydrogens is 328 g/mol. The predicted octanol–water partition coefficient (Wildman–Crippen LogP) is 3.08. The Balaban J connectivity index is 2.10. The van der Waals surface area contributed by atoms with E-state index in [0.717, 1.165) is 17.3 Å². The van der Waals surface area contributed by atoms with Crippen LogP contribution in [-0.4, -0.2) is 40.9 Å². The molecule has 0 fully saturated rings. The van der Waals surface area contributed by atoms with Gasteiger partial charge in [-0.1, -0.05) is 29.8 Å². The number of nitrogens with zero attached hydrogens (tertiary/aromatic N) is 2. The number of carbonyl (C=O) groups is 3. The van der Waals surface area contributed by atoms with Gasteiger partial charge in [0.15, 0.2) is 5.78 Å². The molecule has 6 nitrogen and oxygen atoms in total. The summed E-state index contributed by atoms with van der Waals surface area (Å²) in [5.74, 6) is -1.35. The third-order valence-corrected chi connectivity index (χ3v) is 4.42. The average molecular weight is 346 g/mol. The number of urea groups is 1. The van der Waals surface area contributed by atoms with Crippen molar-refractivity contribution in [1.29, 1.82) is 0 Å². The minimum atomic E-state index is -0.821. The van der Waals surface area contributed by atoms with Crippen molar-refractivity contribution in [2.24, 2.45) is 15.9 Å². The number of carbonyl (C=O) groups excluding carboxylic acids is 3. The van der Waals surface area contributed by atoms with Gasteiger partial charge >= 0.3 is 12.0 Å². The van der Waals surface area contributed by atoms with E-state index in [0.29, 0.717) is 11.3 Å². The topological polar surface area (TPSA) is 85.2 Å². The van der Waals surface area contributed by atoms with Crippen molar-refractivity contribution in [2.75, 3.05) is 12.4 Å². The summed E-state index contributed by atoms with van der Waals surface area (Å²) in [4.78, 5) is 43.4. The zero-order valence-corrected chi connectivity index (χ0v) is 14.6. The zero-order valence-electron chi connectivity index (χ0n) is 13.7. The van der Waals surface area contributed by atoms with Gasteiger partial charge in [-0.2, -0.15) is 9.98 Å². The van der Waals surface area contributed by atoms with Crippen LogP contribution in [0.2, 0.25) is 0 Å². The largest absolute Gasteiger partial charge is 0.465 e. The second-order valence-electron chi connectivity index (χ2n) is 5.25. The number of ketones is 1. The van der Waals surface area contributed by atoms with E-state index in [9.17, 15) is 14.4 Å². The average Bonchev–Trinajstić information content (AvgIpc) is 2.52. The summed E-state index contributed by atoms with van der Waals surface area (Å²) in [7, 11) is 0. The van der Waals surface area contributed by atoms with Crippen molar-refractivity contribution in [3.05, 3.63) is 35.4 Å². The molecule has 1 aliphatic rings. The molecule has 0 radical (unpaired) electrons. The molecule has 1 aromatic rings. The number of hydrogen-bond donors (Lipinski definition) is 0. The molecule has 1 aromatic carbocycles. The van der Waals surface area contributed by atoms with Crippen LogP contribution in [-0.2, 0) is 9.53 Å². The summed E-state index contributed by atoms with van der Waals surface area (Å²) >= 11 is 1.07. The maximum absolute atomic E-state index is 12.3. The van der Waals surface area contributed by atoms with Crippen LogP contribution in [0.25, 0.3) is 0 Å². The summed E-state index contributed by atoms with van der Waals surface area (Å²) in [6, 6.07) is 6.55. The molecule has 0 bridgehead atoms. The lowest BCUT2D eigenvalue weighted by Crippen LogP contribution is -2.34. The fourth-order valence-electron chi connectivity index (χ4n) is 2.15. The quantitative estimate of drug-likeness (QED) is 0.604. The van der Waals surface area contributed by atoms with E-state index in [2.05, 4.69) is 9.98 Å². The Kier molecular flexibility index (Phi) is 6.03. The maximum Gasteiger partial charge on any atom is 0.367 e. The number of benzene rings is 1. The van der Waals surface area contributed by atoms with E-state index in [1.54, 1.807) is 26.0 Å². The van der Waals surface area contributed by atoms with Crippen molar-refractivity contribution in [3.8, 4) is 0 Å². The third-order valence-electron chi connectivity index (χ3n) is 3.39. The first-order valence-electron chi connectivity index (χ1n) is 7.49. The molecule has 1 atom stereocenters. The van der Waals surface area contributed by atoms with Crippen LogP contribution in [0.5, 0.6) is 0 Å². The Morgan fingerprint density at radius 3 is 2.46 bits per heavy atom. The molecule has 1 unspecified atom stereocenters. The highest BCUT2D eigenvalue weighted by Gasteiger charge is 2.33. The number of esters is 1. The molecule has 7 heteroatoms. The highest BCUT2D eigenvalue weighted by Crippen LogP contribution is 2.22. The van der Waals surface area contributed by atoms with Crippen LogP contribution in [0.1, 0.15) is 29.8 Å². The number of Topliss-reactive ketones (excluding diaryl/α,β-unsaturated/α-hetero) is 1. The Morgan fingerprint density at radius 2 is 1.83 bits per heavy atom. The van der Waals surface area contributed by atoms with Gasteiger partial charge in [-0.15, -0.1) is 11.8 Å². The highest BCUT2D eigenvalue weighted by atomic mass is 32.2. The summed E-state index contributed by atoms with van der Waals surface area (Å²) in [5.41, 5.74) is 1.98. The van der Waals surface area contributed by atoms with Gasteiger partial charge in [-0.25, -0.2) is 4.79 Å². The molecule has 0 aliphatic carbocycles. The summed E-state index contributed by atoms with van der Waals surface area (Å²) in [6.45, 7) is 5.44. The van der Waals surface area contributed by atoms with E-state index in [4.69, 9.17) is 4.74 Å². The van der Waals surface area contributed by atoms with Gasteiger partial charge < -0.3 is 4.74 Å². The standard InChI is InChI=1S/C17H18N2O4S/c1-4-23-16(21)14-11(3)18-17(22)19-15(14)24-9-13(20)12-7-5-10(2)6-8-12/h5-8,14H,4,9H2,1-3H3. The lowest BCUT2D eigenvalue weighted by Gasteiger charge is -2.19. The van der Waals surface area contributed by atoms with Gasteiger partial charge in [0, 0.05) is 11.3 Å². The van der Waals surface area contributed by atoms with Crippen molar-refractivity contribution in [1.82, 2.24) is 0 Å². The van der Waals surface area contributed by atoms with E-state index in [-0.39, 0.29) is 23.2 Å².